The number of rotatable bonds is 7. The number of aryl methyl sites for hydroxylation is 1. The number of hydrogen-bond donors (Lipinski definition) is 1. The van der Waals surface area contributed by atoms with Gasteiger partial charge >= 0.3 is 0 Å². The van der Waals surface area contributed by atoms with Gasteiger partial charge in [0, 0.05) is 12.1 Å². The SMILES string of the molecule is CC[C@H](C(=O)NC(C)(C)C)N(Cc1ccc(Cl)c(Cl)c1)C(=O)Cc1ccc(C)cc1. The standard InChI is InChI=1S/C24H30Cl2N2O2/c1-6-21(23(30)27-24(3,4)5)28(15-18-11-12-19(25)20(26)13-18)22(29)14-17-9-7-16(2)8-10-17/h7-13,21H,6,14-15H2,1-5H3,(H,27,30)/t21-/m1/s1. The summed E-state index contributed by atoms with van der Waals surface area (Å²) in [7, 11) is 0. The molecule has 0 saturated heterocycles. The molecule has 162 valence electrons. The molecule has 2 aromatic rings. The van der Waals surface area contributed by atoms with Crippen molar-refractivity contribution < 1.29 is 9.59 Å². The molecule has 4 nitrogen and oxygen atoms in total. The molecule has 30 heavy (non-hydrogen) atoms. The number of benzene rings is 2. The van der Waals surface area contributed by atoms with Crippen LogP contribution in [0.5, 0.6) is 0 Å². The Hall–Kier alpha value is -2.04. The summed E-state index contributed by atoms with van der Waals surface area (Å²) in [4.78, 5) is 27.9. The number of carbonyl (C=O) groups excluding carboxylic acids is 2. The third kappa shape index (κ3) is 7.03. The first-order valence-corrected chi connectivity index (χ1v) is 10.9. The van der Waals surface area contributed by atoms with Crippen LogP contribution < -0.4 is 5.32 Å². The van der Waals surface area contributed by atoms with E-state index in [0.29, 0.717) is 16.5 Å². The van der Waals surface area contributed by atoms with Crippen molar-refractivity contribution in [2.75, 3.05) is 0 Å². The highest BCUT2D eigenvalue weighted by molar-refractivity contribution is 6.42. The molecule has 0 saturated carbocycles. The maximum atomic E-state index is 13.3. The highest BCUT2D eigenvalue weighted by atomic mass is 35.5. The molecule has 0 aromatic heterocycles. The minimum atomic E-state index is -0.586. The van der Waals surface area contributed by atoms with Gasteiger partial charge in [-0.3, -0.25) is 9.59 Å². The van der Waals surface area contributed by atoms with Crippen LogP contribution >= 0.6 is 23.2 Å². The van der Waals surface area contributed by atoms with Gasteiger partial charge in [0.05, 0.1) is 16.5 Å². The Morgan fingerprint density at radius 1 is 1.00 bits per heavy atom. The summed E-state index contributed by atoms with van der Waals surface area (Å²) >= 11 is 12.2. The molecule has 2 aromatic carbocycles. The summed E-state index contributed by atoms with van der Waals surface area (Å²) in [5.41, 5.74) is 2.48. The maximum absolute atomic E-state index is 13.3. The predicted molar refractivity (Wildman–Crippen MR) is 124 cm³/mol. The first-order valence-electron chi connectivity index (χ1n) is 10.1. The Morgan fingerprint density at radius 2 is 1.60 bits per heavy atom. The van der Waals surface area contributed by atoms with Crippen LogP contribution in [0, 0.1) is 6.92 Å². The van der Waals surface area contributed by atoms with Crippen LogP contribution in [0.15, 0.2) is 42.5 Å². The minimum Gasteiger partial charge on any atom is -0.350 e. The quantitative estimate of drug-likeness (QED) is 0.601. The van der Waals surface area contributed by atoms with Gasteiger partial charge in [0.15, 0.2) is 0 Å². The second-order valence-electron chi connectivity index (χ2n) is 8.60. The monoisotopic (exact) mass is 448 g/mol. The average molecular weight is 449 g/mol. The van der Waals surface area contributed by atoms with E-state index in [1.165, 1.54) is 0 Å². The van der Waals surface area contributed by atoms with Crippen molar-refractivity contribution in [3.8, 4) is 0 Å². The molecule has 1 N–H and O–H groups in total. The molecule has 6 heteroatoms. The van der Waals surface area contributed by atoms with E-state index in [9.17, 15) is 9.59 Å². The van der Waals surface area contributed by atoms with E-state index in [-0.39, 0.29) is 30.3 Å². The van der Waals surface area contributed by atoms with E-state index < -0.39 is 6.04 Å². The zero-order valence-electron chi connectivity index (χ0n) is 18.3. The van der Waals surface area contributed by atoms with Crippen molar-refractivity contribution in [3.63, 3.8) is 0 Å². The molecular weight excluding hydrogens is 419 g/mol. The number of nitrogens with zero attached hydrogens (tertiary/aromatic N) is 1. The molecule has 1 atom stereocenters. The largest absolute Gasteiger partial charge is 0.350 e. The van der Waals surface area contributed by atoms with Gasteiger partial charge in [-0.2, -0.15) is 0 Å². The van der Waals surface area contributed by atoms with E-state index in [2.05, 4.69) is 5.32 Å². The fraction of sp³-hybridized carbons (Fsp3) is 0.417. The van der Waals surface area contributed by atoms with Crippen LogP contribution in [0.2, 0.25) is 10.0 Å². The van der Waals surface area contributed by atoms with E-state index in [0.717, 1.165) is 16.7 Å². The fourth-order valence-electron chi connectivity index (χ4n) is 3.19. The molecule has 2 rings (SSSR count). The minimum absolute atomic E-state index is 0.110. The molecule has 0 aliphatic rings. The van der Waals surface area contributed by atoms with Gasteiger partial charge in [-0.05, 0) is 57.4 Å². The Bertz CT molecular complexity index is 889. The summed E-state index contributed by atoms with van der Waals surface area (Å²) < 4.78 is 0. The number of halogens is 2. The molecular formula is C24H30Cl2N2O2. The van der Waals surface area contributed by atoms with Gasteiger partial charge in [0.2, 0.25) is 11.8 Å². The Balaban J connectivity index is 2.33. The van der Waals surface area contributed by atoms with Crippen LogP contribution in [0.1, 0.15) is 50.8 Å². The van der Waals surface area contributed by atoms with Crippen LogP contribution in [0.25, 0.3) is 0 Å². The molecule has 0 fully saturated rings. The highest BCUT2D eigenvalue weighted by Gasteiger charge is 2.30. The van der Waals surface area contributed by atoms with Crippen LogP contribution in [-0.4, -0.2) is 28.3 Å². The summed E-state index contributed by atoms with van der Waals surface area (Å²) in [6.07, 6.45) is 0.726. The summed E-state index contributed by atoms with van der Waals surface area (Å²) in [5, 5.41) is 3.88. The fourth-order valence-corrected chi connectivity index (χ4v) is 3.51. The maximum Gasteiger partial charge on any atom is 0.243 e. The van der Waals surface area contributed by atoms with E-state index >= 15 is 0 Å². The predicted octanol–water partition coefficient (Wildman–Crippen LogP) is 5.57. The van der Waals surface area contributed by atoms with E-state index in [1.54, 1.807) is 17.0 Å². The molecule has 0 aliphatic carbocycles. The topological polar surface area (TPSA) is 49.4 Å². The third-order valence-electron chi connectivity index (χ3n) is 4.70. The number of nitrogens with one attached hydrogen (secondary N) is 1. The Kier molecular flexibility index (Phi) is 8.34. The lowest BCUT2D eigenvalue weighted by molar-refractivity contribution is -0.141. The van der Waals surface area contributed by atoms with Crippen molar-refractivity contribution in [1.29, 1.82) is 0 Å². The van der Waals surface area contributed by atoms with E-state index in [1.807, 2.05) is 65.0 Å². The van der Waals surface area contributed by atoms with Crippen LogP contribution in [0.4, 0.5) is 0 Å². The van der Waals surface area contributed by atoms with Crippen molar-refractivity contribution in [2.45, 2.75) is 65.6 Å². The summed E-state index contributed by atoms with van der Waals surface area (Å²) in [5.74, 6) is -0.275. The van der Waals surface area contributed by atoms with Gasteiger partial charge in [0.25, 0.3) is 0 Å². The Labute approximate surface area is 189 Å². The second-order valence-corrected chi connectivity index (χ2v) is 9.41. The van der Waals surface area contributed by atoms with Gasteiger partial charge in [-0.1, -0.05) is 66.0 Å². The first-order chi connectivity index (χ1) is 14.0. The van der Waals surface area contributed by atoms with Crippen molar-refractivity contribution >= 4 is 35.0 Å². The first kappa shape index (κ1) is 24.2. The second kappa shape index (κ2) is 10.3. The smallest absolute Gasteiger partial charge is 0.243 e. The highest BCUT2D eigenvalue weighted by Crippen LogP contribution is 2.24. The zero-order valence-corrected chi connectivity index (χ0v) is 19.8. The summed E-state index contributed by atoms with van der Waals surface area (Å²) in [6, 6.07) is 12.5. The van der Waals surface area contributed by atoms with Gasteiger partial charge in [0.1, 0.15) is 6.04 Å². The van der Waals surface area contributed by atoms with Crippen LogP contribution in [-0.2, 0) is 22.6 Å². The normalized spacial score (nSPS) is 12.4. The number of hydrogen-bond acceptors (Lipinski definition) is 2. The molecule has 0 spiro atoms. The third-order valence-corrected chi connectivity index (χ3v) is 5.44. The van der Waals surface area contributed by atoms with Gasteiger partial charge in [-0.25, -0.2) is 0 Å². The van der Waals surface area contributed by atoms with Crippen LogP contribution in [0.3, 0.4) is 0 Å². The number of amides is 2. The lowest BCUT2D eigenvalue weighted by atomic mass is 10.0. The van der Waals surface area contributed by atoms with Crippen molar-refractivity contribution in [1.82, 2.24) is 10.2 Å². The zero-order chi connectivity index (χ0) is 22.5. The number of carbonyl (C=O) groups is 2. The Morgan fingerprint density at radius 3 is 2.13 bits per heavy atom. The molecule has 0 bridgehead atoms. The van der Waals surface area contributed by atoms with E-state index in [4.69, 9.17) is 23.2 Å². The molecule has 0 heterocycles. The lowest BCUT2D eigenvalue weighted by Gasteiger charge is -2.33. The molecule has 0 aliphatic heterocycles. The van der Waals surface area contributed by atoms with Crippen molar-refractivity contribution in [3.05, 3.63) is 69.2 Å². The molecule has 0 radical (unpaired) electrons. The van der Waals surface area contributed by atoms with Gasteiger partial charge < -0.3 is 10.2 Å². The lowest BCUT2D eigenvalue weighted by Crippen LogP contribution is -2.53. The summed E-state index contributed by atoms with van der Waals surface area (Å²) in [6.45, 7) is 9.97. The van der Waals surface area contributed by atoms with Crippen molar-refractivity contribution in [2.24, 2.45) is 0 Å². The molecule has 2 amide bonds. The average Bonchev–Trinajstić information content (AvgIpc) is 2.64. The van der Waals surface area contributed by atoms with Gasteiger partial charge in [-0.15, -0.1) is 0 Å². The molecule has 0 unspecified atom stereocenters.